The highest BCUT2D eigenvalue weighted by molar-refractivity contribution is 7.89. The summed E-state index contributed by atoms with van der Waals surface area (Å²) in [4.78, 5) is 11.9. The molecule has 0 radical (unpaired) electrons. The third-order valence-electron chi connectivity index (χ3n) is 3.20. The maximum absolute atomic E-state index is 11.8. The first-order valence-corrected chi connectivity index (χ1v) is 9.09. The Hall–Kier alpha value is -2.38. The minimum atomic E-state index is -3.44. The van der Waals surface area contributed by atoms with Crippen LogP contribution in [0.3, 0.4) is 0 Å². The maximum Gasteiger partial charge on any atom is 0.412 e. The first-order valence-electron chi connectivity index (χ1n) is 7.60. The van der Waals surface area contributed by atoms with E-state index in [1.807, 2.05) is 6.07 Å². The van der Waals surface area contributed by atoms with E-state index in [4.69, 9.17) is 4.74 Å². The predicted octanol–water partition coefficient (Wildman–Crippen LogP) is 2.32. The summed E-state index contributed by atoms with van der Waals surface area (Å²) in [7, 11) is -3.44. The van der Waals surface area contributed by atoms with Crippen LogP contribution in [0.1, 0.15) is 12.5 Å². The zero-order valence-electron chi connectivity index (χ0n) is 13.4. The van der Waals surface area contributed by atoms with Crippen molar-refractivity contribution in [3.63, 3.8) is 0 Å². The molecule has 1 amide bonds. The number of carbonyl (C=O) groups is 1. The maximum atomic E-state index is 11.8. The molecule has 0 heterocycles. The number of para-hydroxylation sites is 1. The van der Waals surface area contributed by atoms with Crippen LogP contribution in [-0.4, -0.2) is 27.6 Å². The molecule has 0 unspecified atom stereocenters. The van der Waals surface area contributed by atoms with Gasteiger partial charge in [0.25, 0.3) is 0 Å². The second-order valence-electron chi connectivity index (χ2n) is 5.02. The van der Waals surface area contributed by atoms with Gasteiger partial charge in [0, 0.05) is 13.1 Å². The molecule has 24 heavy (non-hydrogen) atoms. The molecule has 128 valence electrons. The van der Waals surface area contributed by atoms with Gasteiger partial charge in [-0.15, -0.1) is 0 Å². The van der Waals surface area contributed by atoms with Gasteiger partial charge in [0.15, 0.2) is 0 Å². The Labute approximate surface area is 141 Å². The predicted molar refractivity (Wildman–Crippen MR) is 91.5 cm³/mol. The highest BCUT2D eigenvalue weighted by Gasteiger charge is 2.11. The van der Waals surface area contributed by atoms with Gasteiger partial charge in [0.05, 0.1) is 4.90 Å². The Balaban J connectivity index is 1.81. The molecule has 0 aliphatic carbocycles. The molecule has 2 aromatic carbocycles. The van der Waals surface area contributed by atoms with E-state index < -0.39 is 16.1 Å². The quantitative estimate of drug-likeness (QED) is 0.804. The van der Waals surface area contributed by atoms with Crippen molar-refractivity contribution < 1.29 is 17.9 Å². The Morgan fingerprint density at radius 2 is 1.71 bits per heavy atom. The van der Waals surface area contributed by atoms with Crippen LogP contribution in [0.5, 0.6) is 5.75 Å². The van der Waals surface area contributed by atoms with Crippen molar-refractivity contribution in [1.82, 2.24) is 10.0 Å². The number of carbonyl (C=O) groups excluding carboxylic acids is 1. The molecule has 0 bridgehead atoms. The Kier molecular flexibility index (Phi) is 6.34. The molecule has 0 spiro atoms. The van der Waals surface area contributed by atoms with Crippen molar-refractivity contribution in [2.24, 2.45) is 0 Å². The lowest BCUT2D eigenvalue weighted by molar-refractivity contribution is 0.200. The van der Waals surface area contributed by atoms with E-state index in [9.17, 15) is 13.2 Å². The minimum absolute atomic E-state index is 0.226. The highest BCUT2D eigenvalue weighted by atomic mass is 32.2. The smallest absolute Gasteiger partial charge is 0.410 e. The molecule has 0 saturated carbocycles. The summed E-state index contributed by atoms with van der Waals surface area (Å²) in [6.45, 7) is 2.47. The molecular formula is C17H20N2O4S. The van der Waals surface area contributed by atoms with E-state index in [0.717, 1.165) is 5.56 Å². The summed E-state index contributed by atoms with van der Waals surface area (Å²) >= 11 is 0. The Bertz CT molecular complexity index is 759. The van der Waals surface area contributed by atoms with Crippen molar-refractivity contribution in [3.8, 4) is 5.75 Å². The Morgan fingerprint density at radius 3 is 2.33 bits per heavy atom. The van der Waals surface area contributed by atoms with Crippen LogP contribution in [-0.2, 0) is 16.4 Å². The normalized spacial score (nSPS) is 11.0. The van der Waals surface area contributed by atoms with Gasteiger partial charge >= 0.3 is 6.09 Å². The second kappa shape index (κ2) is 8.47. The average Bonchev–Trinajstić information content (AvgIpc) is 2.56. The van der Waals surface area contributed by atoms with E-state index in [1.54, 1.807) is 55.5 Å². The number of sulfonamides is 1. The first kappa shape index (κ1) is 18.0. The van der Waals surface area contributed by atoms with Gasteiger partial charge in [0.1, 0.15) is 5.75 Å². The van der Waals surface area contributed by atoms with Crippen molar-refractivity contribution in [2.45, 2.75) is 18.2 Å². The molecule has 6 nitrogen and oxygen atoms in total. The lowest BCUT2D eigenvalue weighted by Gasteiger charge is -2.08. The number of benzene rings is 2. The number of amides is 1. The standard InChI is InChI=1S/C17H20N2O4S/c1-2-19-24(21,22)16-10-8-14(9-11-16)12-13-18-17(20)23-15-6-4-3-5-7-15/h3-11,19H,2,12-13H2,1H3,(H,18,20). The summed E-state index contributed by atoms with van der Waals surface area (Å²) in [6.07, 6.45) is 0.0540. The van der Waals surface area contributed by atoms with Crippen LogP contribution in [0.15, 0.2) is 59.5 Å². The van der Waals surface area contributed by atoms with Gasteiger partial charge in [0.2, 0.25) is 10.0 Å². The molecule has 0 atom stereocenters. The van der Waals surface area contributed by atoms with E-state index >= 15 is 0 Å². The number of rotatable bonds is 7. The fourth-order valence-electron chi connectivity index (χ4n) is 2.05. The highest BCUT2D eigenvalue weighted by Crippen LogP contribution is 2.11. The van der Waals surface area contributed by atoms with Gasteiger partial charge in [-0.2, -0.15) is 0 Å². The molecule has 2 rings (SSSR count). The van der Waals surface area contributed by atoms with Crippen molar-refractivity contribution in [2.75, 3.05) is 13.1 Å². The fraction of sp³-hybridized carbons (Fsp3) is 0.235. The number of hydrogen-bond donors (Lipinski definition) is 2. The fourth-order valence-corrected chi connectivity index (χ4v) is 3.09. The van der Waals surface area contributed by atoms with Crippen LogP contribution in [0, 0.1) is 0 Å². The summed E-state index contributed by atoms with van der Waals surface area (Å²) < 4.78 is 31.2. The topological polar surface area (TPSA) is 84.5 Å². The summed E-state index contributed by atoms with van der Waals surface area (Å²) in [6, 6.07) is 15.4. The van der Waals surface area contributed by atoms with E-state index in [2.05, 4.69) is 10.0 Å². The summed E-state index contributed by atoms with van der Waals surface area (Å²) in [5.41, 5.74) is 0.922. The number of nitrogens with one attached hydrogen (secondary N) is 2. The van der Waals surface area contributed by atoms with Gasteiger partial charge in [-0.25, -0.2) is 17.9 Å². The lowest BCUT2D eigenvalue weighted by Crippen LogP contribution is -2.28. The molecule has 0 aliphatic rings. The van der Waals surface area contributed by atoms with Gasteiger partial charge in [-0.1, -0.05) is 37.3 Å². The van der Waals surface area contributed by atoms with Crippen molar-refractivity contribution in [1.29, 1.82) is 0 Å². The zero-order valence-corrected chi connectivity index (χ0v) is 14.2. The van der Waals surface area contributed by atoms with E-state index in [0.29, 0.717) is 25.3 Å². The summed E-state index contributed by atoms with van der Waals surface area (Å²) in [5.74, 6) is 0.480. The number of ether oxygens (including phenoxy) is 1. The summed E-state index contributed by atoms with van der Waals surface area (Å²) in [5, 5.41) is 2.65. The minimum Gasteiger partial charge on any atom is -0.410 e. The second-order valence-corrected chi connectivity index (χ2v) is 6.79. The molecule has 0 aromatic heterocycles. The monoisotopic (exact) mass is 348 g/mol. The largest absolute Gasteiger partial charge is 0.412 e. The van der Waals surface area contributed by atoms with Crippen LogP contribution in [0.4, 0.5) is 4.79 Å². The van der Waals surface area contributed by atoms with Crippen LogP contribution in [0.2, 0.25) is 0 Å². The molecule has 2 aromatic rings. The SMILES string of the molecule is CCNS(=O)(=O)c1ccc(CCNC(=O)Oc2ccccc2)cc1. The molecule has 0 aliphatic heterocycles. The molecule has 2 N–H and O–H groups in total. The third kappa shape index (κ3) is 5.36. The van der Waals surface area contributed by atoms with Gasteiger partial charge in [-0.3, -0.25) is 0 Å². The van der Waals surface area contributed by atoms with Crippen LogP contribution >= 0.6 is 0 Å². The molecule has 7 heteroatoms. The van der Waals surface area contributed by atoms with Crippen LogP contribution < -0.4 is 14.8 Å². The average molecular weight is 348 g/mol. The zero-order chi connectivity index (χ0) is 17.4. The third-order valence-corrected chi connectivity index (χ3v) is 4.77. The van der Waals surface area contributed by atoms with Gasteiger partial charge in [-0.05, 0) is 36.2 Å². The van der Waals surface area contributed by atoms with E-state index in [-0.39, 0.29) is 4.90 Å². The van der Waals surface area contributed by atoms with E-state index in [1.165, 1.54) is 0 Å². The Morgan fingerprint density at radius 1 is 1.04 bits per heavy atom. The van der Waals surface area contributed by atoms with Crippen molar-refractivity contribution >= 4 is 16.1 Å². The first-order chi connectivity index (χ1) is 11.5. The molecule has 0 fully saturated rings. The molecule has 0 saturated heterocycles. The molecular weight excluding hydrogens is 328 g/mol. The lowest BCUT2D eigenvalue weighted by atomic mass is 10.1. The van der Waals surface area contributed by atoms with Crippen molar-refractivity contribution in [3.05, 3.63) is 60.2 Å². The van der Waals surface area contributed by atoms with Crippen LogP contribution in [0.25, 0.3) is 0 Å². The number of hydrogen-bond acceptors (Lipinski definition) is 4. The van der Waals surface area contributed by atoms with Gasteiger partial charge < -0.3 is 10.1 Å².